The van der Waals surface area contributed by atoms with Crippen LogP contribution in [0.25, 0.3) is 0 Å². The van der Waals surface area contributed by atoms with Crippen molar-refractivity contribution in [2.24, 2.45) is 0 Å². The minimum Gasteiger partial charge on any atom is -0.381 e. The fourth-order valence-corrected chi connectivity index (χ4v) is 4.68. The molecule has 1 N–H and O–H groups in total. The van der Waals surface area contributed by atoms with Crippen molar-refractivity contribution in [3.8, 4) is 0 Å². The number of hydrogen-bond acceptors (Lipinski definition) is 3. The molecule has 1 aliphatic rings. The molecule has 0 unspecified atom stereocenters. The molecule has 1 saturated heterocycles. The lowest BCUT2D eigenvalue weighted by atomic mass is 9.94. The molecule has 0 radical (unpaired) electrons. The molecule has 2 rings (SSSR count). The van der Waals surface area contributed by atoms with E-state index in [2.05, 4.69) is 20.7 Å². The monoisotopic (exact) mass is 361 g/mol. The summed E-state index contributed by atoms with van der Waals surface area (Å²) in [5, 5.41) is 0.591. The SMILES string of the molecule is Cc1ccc(S(=O)(=O)NC2(CBr)CCOCC2)cc1C. The minimum absolute atomic E-state index is 0.326. The molecule has 1 fully saturated rings. The Morgan fingerprint density at radius 3 is 2.45 bits per heavy atom. The van der Waals surface area contributed by atoms with Crippen molar-refractivity contribution < 1.29 is 13.2 Å². The van der Waals surface area contributed by atoms with E-state index in [4.69, 9.17) is 4.74 Å². The second-order valence-electron chi connectivity index (χ2n) is 5.38. The van der Waals surface area contributed by atoms with E-state index < -0.39 is 15.6 Å². The highest BCUT2D eigenvalue weighted by Crippen LogP contribution is 2.26. The first-order valence-corrected chi connectivity index (χ1v) is 9.24. The van der Waals surface area contributed by atoms with Crippen LogP contribution in [0.4, 0.5) is 0 Å². The summed E-state index contributed by atoms with van der Waals surface area (Å²) in [6.45, 7) is 5.06. The molecule has 0 aromatic heterocycles. The highest BCUT2D eigenvalue weighted by atomic mass is 79.9. The van der Waals surface area contributed by atoms with Crippen molar-refractivity contribution in [1.29, 1.82) is 0 Å². The number of nitrogens with one attached hydrogen (secondary N) is 1. The Bertz CT molecular complexity index is 580. The van der Waals surface area contributed by atoms with E-state index in [9.17, 15) is 8.42 Å². The van der Waals surface area contributed by atoms with E-state index in [1.807, 2.05) is 19.9 Å². The molecule has 0 aliphatic carbocycles. The second-order valence-corrected chi connectivity index (χ2v) is 7.62. The average Bonchev–Trinajstić information content (AvgIpc) is 2.42. The molecule has 20 heavy (non-hydrogen) atoms. The number of alkyl halides is 1. The maximum absolute atomic E-state index is 12.6. The molecular formula is C14H20BrNO3S. The van der Waals surface area contributed by atoms with Gasteiger partial charge in [0, 0.05) is 24.1 Å². The van der Waals surface area contributed by atoms with E-state index in [1.165, 1.54) is 0 Å². The van der Waals surface area contributed by atoms with Crippen LogP contribution >= 0.6 is 15.9 Å². The first-order valence-electron chi connectivity index (χ1n) is 6.63. The number of rotatable bonds is 4. The largest absolute Gasteiger partial charge is 0.381 e. The molecule has 6 heteroatoms. The summed E-state index contributed by atoms with van der Waals surface area (Å²) in [6, 6.07) is 5.22. The van der Waals surface area contributed by atoms with Crippen molar-refractivity contribution in [2.75, 3.05) is 18.5 Å². The predicted octanol–water partition coefficient (Wildman–Crippen LogP) is 2.53. The Labute approximate surface area is 129 Å². The lowest BCUT2D eigenvalue weighted by Gasteiger charge is -2.36. The maximum Gasteiger partial charge on any atom is 0.241 e. The number of halogens is 1. The Hall–Kier alpha value is -0.430. The standard InChI is InChI=1S/C14H20BrNO3S/c1-11-3-4-13(9-12(11)2)20(17,18)16-14(10-15)5-7-19-8-6-14/h3-4,9,16H,5-8,10H2,1-2H3. The van der Waals surface area contributed by atoms with Gasteiger partial charge in [-0.2, -0.15) is 0 Å². The number of sulfonamides is 1. The minimum atomic E-state index is -3.51. The molecule has 1 aromatic rings. The van der Waals surface area contributed by atoms with Crippen LogP contribution in [0, 0.1) is 13.8 Å². The first-order chi connectivity index (χ1) is 9.38. The molecule has 0 atom stereocenters. The van der Waals surface area contributed by atoms with Crippen molar-refractivity contribution >= 4 is 26.0 Å². The lowest BCUT2D eigenvalue weighted by Crippen LogP contribution is -2.53. The van der Waals surface area contributed by atoms with Crippen LogP contribution < -0.4 is 4.72 Å². The summed E-state index contributed by atoms with van der Waals surface area (Å²) in [4.78, 5) is 0.326. The summed E-state index contributed by atoms with van der Waals surface area (Å²) >= 11 is 3.44. The molecule has 1 aliphatic heterocycles. The third kappa shape index (κ3) is 3.42. The zero-order valence-electron chi connectivity index (χ0n) is 11.8. The molecule has 0 bridgehead atoms. The van der Waals surface area contributed by atoms with Crippen molar-refractivity contribution in [2.45, 2.75) is 37.1 Å². The van der Waals surface area contributed by atoms with Crippen LogP contribution in [0.1, 0.15) is 24.0 Å². The Kier molecular flexibility index (Phi) is 4.89. The third-order valence-electron chi connectivity index (χ3n) is 3.85. The quantitative estimate of drug-likeness (QED) is 0.838. The van der Waals surface area contributed by atoms with Gasteiger partial charge in [-0.15, -0.1) is 0 Å². The maximum atomic E-state index is 12.6. The van der Waals surface area contributed by atoms with E-state index >= 15 is 0 Å². The van der Waals surface area contributed by atoms with Gasteiger partial charge in [0.25, 0.3) is 0 Å². The molecule has 0 amide bonds. The number of aryl methyl sites for hydroxylation is 2. The molecule has 1 heterocycles. The number of hydrogen-bond donors (Lipinski definition) is 1. The summed E-state index contributed by atoms with van der Waals surface area (Å²) in [5.41, 5.74) is 1.62. The van der Waals surface area contributed by atoms with Crippen molar-refractivity contribution in [3.63, 3.8) is 0 Å². The Morgan fingerprint density at radius 1 is 1.25 bits per heavy atom. The normalized spacial score (nSPS) is 18.9. The summed E-state index contributed by atoms with van der Waals surface area (Å²) in [7, 11) is -3.51. The van der Waals surface area contributed by atoms with Gasteiger partial charge in [-0.1, -0.05) is 22.0 Å². The predicted molar refractivity (Wildman–Crippen MR) is 82.8 cm³/mol. The topological polar surface area (TPSA) is 55.4 Å². The molecular weight excluding hydrogens is 342 g/mol. The van der Waals surface area contributed by atoms with Gasteiger partial charge in [-0.3, -0.25) is 0 Å². The number of benzene rings is 1. The van der Waals surface area contributed by atoms with Crippen LogP contribution in [0.5, 0.6) is 0 Å². The molecule has 4 nitrogen and oxygen atoms in total. The fourth-order valence-electron chi connectivity index (χ4n) is 2.25. The van der Waals surface area contributed by atoms with Crippen LogP contribution in [-0.2, 0) is 14.8 Å². The van der Waals surface area contributed by atoms with Crippen LogP contribution in [0.15, 0.2) is 23.1 Å². The van der Waals surface area contributed by atoms with E-state index in [0.29, 0.717) is 36.3 Å². The van der Waals surface area contributed by atoms with E-state index in [1.54, 1.807) is 12.1 Å². The molecule has 0 saturated carbocycles. The van der Waals surface area contributed by atoms with Gasteiger partial charge in [0.2, 0.25) is 10.0 Å². The lowest BCUT2D eigenvalue weighted by molar-refractivity contribution is 0.0557. The molecule has 0 spiro atoms. The summed E-state index contributed by atoms with van der Waals surface area (Å²) in [5.74, 6) is 0. The summed E-state index contributed by atoms with van der Waals surface area (Å²) in [6.07, 6.45) is 1.37. The smallest absolute Gasteiger partial charge is 0.241 e. The Morgan fingerprint density at radius 2 is 1.90 bits per heavy atom. The second kappa shape index (κ2) is 6.13. The van der Waals surface area contributed by atoms with Crippen LogP contribution in [0.2, 0.25) is 0 Å². The van der Waals surface area contributed by atoms with Gasteiger partial charge in [-0.25, -0.2) is 13.1 Å². The van der Waals surface area contributed by atoms with E-state index in [0.717, 1.165) is 11.1 Å². The summed E-state index contributed by atoms with van der Waals surface area (Å²) < 4.78 is 33.3. The van der Waals surface area contributed by atoms with Gasteiger partial charge in [0.05, 0.1) is 4.90 Å². The zero-order valence-corrected chi connectivity index (χ0v) is 14.2. The van der Waals surface area contributed by atoms with Gasteiger partial charge in [-0.05, 0) is 49.9 Å². The van der Waals surface area contributed by atoms with Crippen molar-refractivity contribution in [1.82, 2.24) is 4.72 Å². The highest BCUT2D eigenvalue weighted by molar-refractivity contribution is 9.09. The Balaban J connectivity index is 2.27. The zero-order chi connectivity index (χ0) is 14.8. The third-order valence-corrected chi connectivity index (χ3v) is 6.49. The molecule has 112 valence electrons. The average molecular weight is 362 g/mol. The van der Waals surface area contributed by atoms with Gasteiger partial charge >= 0.3 is 0 Å². The first kappa shape index (κ1) is 15.9. The van der Waals surface area contributed by atoms with Gasteiger partial charge < -0.3 is 4.74 Å². The van der Waals surface area contributed by atoms with Gasteiger partial charge in [0.15, 0.2) is 0 Å². The highest BCUT2D eigenvalue weighted by Gasteiger charge is 2.36. The van der Waals surface area contributed by atoms with E-state index in [-0.39, 0.29) is 0 Å². The number of ether oxygens (including phenoxy) is 1. The molecule has 1 aromatic carbocycles. The van der Waals surface area contributed by atoms with Crippen LogP contribution in [0.3, 0.4) is 0 Å². The fraction of sp³-hybridized carbons (Fsp3) is 0.571. The van der Waals surface area contributed by atoms with Crippen molar-refractivity contribution in [3.05, 3.63) is 29.3 Å². The van der Waals surface area contributed by atoms with Crippen LogP contribution in [-0.4, -0.2) is 32.5 Å². The van der Waals surface area contributed by atoms with Gasteiger partial charge in [0.1, 0.15) is 0 Å².